The van der Waals surface area contributed by atoms with Crippen LogP contribution in [0.4, 0.5) is 0 Å². The van der Waals surface area contributed by atoms with Gasteiger partial charge in [0.15, 0.2) is 0 Å². The summed E-state index contributed by atoms with van der Waals surface area (Å²) < 4.78 is 16.8. The maximum atomic E-state index is 5.25. The molecule has 1 aromatic carbocycles. The van der Waals surface area contributed by atoms with Gasteiger partial charge in [0.05, 0.1) is 0 Å². The highest BCUT2D eigenvalue weighted by molar-refractivity contribution is 9.10. The molecule has 0 saturated carbocycles. The summed E-state index contributed by atoms with van der Waals surface area (Å²) in [5.41, 5.74) is 1.96. The van der Waals surface area contributed by atoms with Crippen LogP contribution in [0.15, 0.2) is 22.7 Å². The Labute approximate surface area is 98.5 Å². The van der Waals surface area contributed by atoms with Crippen LogP contribution in [0.3, 0.4) is 0 Å². The third kappa shape index (κ3) is 2.39. The monoisotopic (exact) mass is 274 g/mol. The molecule has 0 fully saturated rings. The number of methoxy groups -OCH3 is 3. The van der Waals surface area contributed by atoms with E-state index in [2.05, 4.69) is 15.9 Å². The molecule has 0 heterocycles. The quantitative estimate of drug-likeness (QED) is 0.791. The van der Waals surface area contributed by atoms with Crippen molar-refractivity contribution in [2.24, 2.45) is 0 Å². The van der Waals surface area contributed by atoms with Crippen LogP contribution in [0.1, 0.15) is 11.1 Å². The molecule has 15 heavy (non-hydrogen) atoms. The molecular weight excluding hydrogens is 260 g/mol. The second-order valence-electron chi connectivity index (χ2n) is 3.13. The Kier molecular flexibility index (Phi) is 4.28. The van der Waals surface area contributed by atoms with Crippen molar-refractivity contribution in [2.75, 3.05) is 21.3 Å². The number of halogens is 1. The normalized spacial score (nSPS) is 11.8. The van der Waals surface area contributed by atoms with Crippen molar-refractivity contribution >= 4 is 15.9 Å². The summed E-state index contributed by atoms with van der Waals surface area (Å²) >= 11 is 3.46. The number of aryl methyl sites for hydroxylation is 1. The molecule has 84 valence electrons. The van der Waals surface area contributed by atoms with Crippen LogP contribution in [0.2, 0.25) is 0 Å². The molecule has 0 aliphatic carbocycles. The van der Waals surface area contributed by atoms with Gasteiger partial charge >= 0.3 is 5.97 Å². The molecule has 0 unspecified atom stereocenters. The van der Waals surface area contributed by atoms with Crippen molar-refractivity contribution in [3.63, 3.8) is 0 Å². The summed E-state index contributed by atoms with van der Waals surface area (Å²) in [4.78, 5) is 0. The summed E-state index contributed by atoms with van der Waals surface area (Å²) in [6, 6.07) is 5.81. The van der Waals surface area contributed by atoms with Crippen LogP contribution in [0.5, 0.6) is 0 Å². The van der Waals surface area contributed by atoms with Gasteiger partial charge in [-0.2, -0.15) is 0 Å². The summed E-state index contributed by atoms with van der Waals surface area (Å²) in [6.07, 6.45) is 0. The minimum Gasteiger partial charge on any atom is -0.327 e. The summed E-state index contributed by atoms with van der Waals surface area (Å²) in [5, 5.41) is 0. The largest absolute Gasteiger partial charge is 0.327 e. The first-order valence-electron chi connectivity index (χ1n) is 4.51. The summed E-state index contributed by atoms with van der Waals surface area (Å²) in [5.74, 6) is -1.13. The second-order valence-corrected chi connectivity index (χ2v) is 3.99. The van der Waals surface area contributed by atoms with Gasteiger partial charge < -0.3 is 14.2 Å². The Morgan fingerprint density at radius 3 is 2.00 bits per heavy atom. The van der Waals surface area contributed by atoms with Crippen molar-refractivity contribution in [2.45, 2.75) is 12.9 Å². The van der Waals surface area contributed by atoms with E-state index in [4.69, 9.17) is 14.2 Å². The van der Waals surface area contributed by atoms with Crippen LogP contribution in [-0.4, -0.2) is 21.3 Å². The zero-order valence-electron chi connectivity index (χ0n) is 9.33. The minimum atomic E-state index is -1.13. The maximum Gasteiger partial charge on any atom is 0.311 e. The van der Waals surface area contributed by atoms with E-state index in [1.165, 1.54) is 0 Å². The first kappa shape index (κ1) is 12.6. The predicted molar refractivity (Wildman–Crippen MR) is 61.6 cm³/mol. The number of benzene rings is 1. The molecule has 0 N–H and O–H groups in total. The molecule has 0 bridgehead atoms. The highest BCUT2D eigenvalue weighted by atomic mass is 79.9. The predicted octanol–water partition coefficient (Wildman–Crippen LogP) is 2.81. The van der Waals surface area contributed by atoms with Gasteiger partial charge in [-0.15, -0.1) is 0 Å². The van der Waals surface area contributed by atoms with E-state index in [0.29, 0.717) is 0 Å². The van der Waals surface area contributed by atoms with Gasteiger partial charge in [0.1, 0.15) is 0 Å². The fourth-order valence-corrected chi connectivity index (χ4v) is 1.77. The zero-order chi connectivity index (χ0) is 11.5. The second kappa shape index (κ2) is 5.07. The first-order chi connectivity index (χ1) is 7.09. The number of rotatable bonds is 4. The molecule has 0 amide bonds. The average Bonchev–Trinajstić information content (AvgIpc) is 2.26. The Hall–Kier alpha value is -0.420. The van der Waals surface area contributed by atoms with Crippen LogP contribution in [0, 0.1) is 6.92 Å². The van der Waals surface area contributed by atoms with Gasteiger partial charge in [-0.05, 0) is 18.6 Å². The van der Waals surface area contributed by atoms with Gasteiger partial charge in [-0.1, -0.05) is 28.1 Å². The lowest BCUT2D eigenvalue weighted by molar-refractivity contribution is -0.364. The van der Waals surface area contributed by atoms with Crippen LogP contribution >= 0.6 is 15.9 Å². The third-order valence-corrected chi connectivity index (χ3v) is 3.19. The smallest absolute Gasteiger partial charge is 0.311 e. The molecule has 0 spiro atoms. The van der Waals surface area contributed by atoms with Crippen LogP contribution in [0.25, 0.3) is 0 Å². The fourth-order valence-electron chi connectivity index (χ4n) is 1.39. The number of ether oxygens (including phenoxy) is 3. The van der Waals surface area contributed by atoms with Gasteiger partial charge in [0.25, 0.3) is 0 Å². The van der Waals surface area contributed by atoms with E-state index < -0.39 is 5.97 Å². The van der Waals surface area contributed by atoms with E-state index in [1.807, 2.05) is 25.1 Å². The third-order valence-electron chi connectivity index (χ3n) is 2.33. The molecule has 0 aromatic heterocycles. The van der Waals surface area contributed by atoms with E-state index >= 15 is 0 Å². The zero-order valence-corrected chi connectivity index (χ0v) is 10.9. The molecule has 1 aromatic rings. The highest BCUT2D eigenvalue weighted by Crippen LogP contribution is 2.30. The molecular formula is C11H15BrO3. The first-order valence-corrected chi connectivity index (χ1v) is 5.31. The van der Waals surface area contributed by atoms with E-state index in [0.717, 1.165) is 15.6 Å². The van der Waals surface area contributed by atoms with E-state index in [9.17, 15) is 0 Å². The average molecular weight is 275 g/mol. The molecule has 1 rings (SSSR count). The standard InChI is InChI=1S/C11H15BrO3/c1-8-5-6-9(7-10(8)12)11(13-2,14-3)15-4/h5-7H,1-4H3. The van der Waals surface area contributed by atoms with E-state index in [-0.39, 0.29) is 0 Å². The van der Waals surface area contributed by atoms with Crippen molar-refractivity contribution in [1.29, 1.82) is 0 Å². The maximum absolute atomic E-state index is 5.25. The van der Waals surface area contributed by atoms with Crippen molar-refractivity contribution in [3.05, 3.63) is 33.8 Å². The highest BCUT2D eigenvalue weighted by Gasteiger charge is 2.32. The molecule has 0 aliphatic heterocycles. The van der Waals surface area contributed by atoms with Crippen LogP contribution in [-0.2, 0) is 20.2 Å². The number of hydrogen-bond donors (Lipinski definition) is 0. The lowest BCUT2D eigenvalue weighted by Gasteiger charge is -2.29. The SMILES string of the molecule is COC(OC)(OC)c1ccc(C)c(Br)c1. The Balaban J connectivity index is 3.17. The van der Waals surface area contributed by atoms with Gasteiger partial charge in [0, 0.05) is 31.4 Å². The van der Waals surface area contributed by atoms with Gasteiger partial charge in [-0.25, -0.2) is 0 Å². The molecule has 0 radical (unpaired) electrons. The van der Waals surface area contributed by atoms with Crippen molar-refractivity contribution < 1.29 is 14.2 Å². The Morgan fingerprint density at radius 2 is 1.60 bits per heavy atom. The molecule has 4 heteroatoms. The summed E-state index contributed by atoms with van der Waals surface area (Å²) in [6.45, 7) is 2.02. The van der Waals surface area contributed by atoms with E-state index in [1.54, 1.807) is 21.3 Å². The Morgan fingerprint density at radius 1 is 1.07 bits per heavy atom. The van der Waals surface area contributed by atoms with Crippen LogP contribution < -0.4 is 0 Å². The lowest BCUT2D eigenvalue weighted by atomic mass is 10.1. The molecule has 0 aliphatic rings. The van der Waals surface area contributed by atoms with Crippen molar-refractivity contribution in [3.8, 4) is 0 Å². The summed E-state index contributed by atoms with van der Waals surface area (Å²) in [7, 11) is 4.63. The molecule has 0 atom stereocenters. The topological polar surface area (TPSA) is 27.7 Å². The minimum absolute atomic E-state index is 0.812. The molecule has 0 saturated heterocycles. The van der Waals surface area contributed by atoms with Crippen molar-refractivity contribution in [1.82, 2.24) is 0 Å². The molecule has 3 nitrogen and oxygen atoms in total. The fraction of sp³-hybridized carbons (Fsp3) is 0.455. The van der Waals surface area contributed by atoms with Gasteiger partial charge in [0.2, 0.25) is 0 Å². The lowest BCUT2D eigenvalue weighted by Crippen LogP contribution is -2.32. The Bertz CT molecular complexity index is 326. The van der Waals surface area contributed by atoms with Gasteiger partial charge in [-0.3, -0.25) is 0 Å². The number of hydrogen-bond acceptors (Lipinski definition) is 3.